The van der Waals surface area contributed by atoms with Crippen LogP contribution in [0.4, 0.5) is 0 Å². The smallest absolute Gasteiger partial charge is 0.262 e. The second kappa shape index (κ2) is 5.93. The maximum Gasteiger partial charge on any atom is 0.262 e. The van der Waals surface area contributed by atoms with E-state index in [1.807, 2.05) is 6.07 Å². The van der Waals surface area contributed by atoms with E-state index in [1.165, 1.54) is 6.08 Å². The Morgan fingerprint density at radius 3 is 2.83 bits per heavy atom. The van der Waals surface area contributed by atoms with Crippen LogP contribution in [-0.4, -0.2) is 38.7 Å². The van der Waals surface area contributed by atoms with Crippen molar-refractivity contribution >= 4 is 21.8 Å². The lowest BCUT2D eigenvalue weighted by molar-refractivity contribution is -0.117. The molecule has 0 unspecified atom stereocenters. The fraction of sp³-hybridized carbons (Fsp3) is 0.333. The standard InChI is InChI=1S/C15H14N2O5S/c16-7-11(15(18)17-12-3-4-23(19,20)8-12)5-10-1-2-13-14(6-10)22-9-21-13/h1-2,5-6,12H,3-4,8-9H2,(H,17,18)/b11-5+/t12-/m0/s1. The summed E-state index contributed by atoms with van der Waals surface area (Å²) in [5, 5.41) is 11.8. The van der Waals surface area contributed by atoms with Crippen LogP contribution in [0.3, 0.4) is 0 Å². The van der Waals surface area contributed by atoms with Gasteiger partial charge in [-0.2, -0.15) is 5.26 Å². The zero-order valence-corrected chi connectivity index (χ0v) is 12.9. The quantitative estimate of drug-likeness (QED) is 0.642. The largest absolute Gasteiger partial charge is 0.454 e. The van der Waals surface area contributed by atoms with E-state index in [2.05, 4.69) is 5.32 Å². The Bertz CT molecular complexity index is 823. The van der Waals surface area contributed by atoms with Crippen molar-refractivity contribution in [2.45, 2.75) is 12.5 Å². The molecule has 23 heavy (non-hydrogen) atoms. The third-order valence-electron chi connectivity index (χ3n) is 3.64. The fourth-order valence-electron chi connectivity index (χ4n) is 2.49. The number of rotatable bonds is 3. The fourth-order valence-corrected chi connectivity index (χ4v) is 4.16. The van der Waals surface area contributed by atoms with Gasteiger partial charge in [-0.25, -0.2) is 8.42 Å². The number of hydrogen-bond donors (Lipinski definition) is 1. The van der Waals surface area contributed by atoms with E-state index in [-0.39, 0.29) is 23.9 Å². The molecular weight excluding hydrogens is 320 g/mol. The summed E-state index contributed by atoms with van der Waals surface area (Å²) in [7, 11) is -3.09. The Kier molecular flexibility index (Phi) is 3.96. The predicted octanol–water partition coefficient (Wildman–Crippen LogP) is 0.626. The molecule has 0 aliphatic carbocycles. The van der Waals surface area contributed by atoms with Crippen molar-refractivity contribution in [1.82, 2.24) is 5.32 Å². The molecule has 1 atom stereocenters. The first-order chi connectivity index (χ1) is 11.0. The number of nitrogens with zero attached hydrogens (tertiary/aromatic N) is 1. The predicted molar refractivity (Wildman–Crippen MR) is 81.4 cm³/mol. The molecule has 0 saturated carbocycles. The summed E-state index contributed by atoms with van der Waals surface area (Å²) in [5.74, 6) is 0.569. The summed E-state index contributed by atoms with van der Waals surface area (Å²) in [5.41, 5.74) is 0.535. The van der Waals surface area contributed by atoms with Gasteiger partial charge in [-0.1, -0.05) is 6.07 Å². The van der Waals surface area contributed by atoms with Crippen molar-refractivity contribution in [3.63, 3.8) is 0 Å². The normalized spacial score (nSPS) is 21.7. The first-order valence-corrected chi connectivity index (χ1v) is 8.82. The van der Waals surface area contributed by atoms with E-state index >= 15 is 0 Å². The van der Waals surface area contributed by atoms with E-state index in [9.17, 15) is 18.5 Å². The summed E-state index contributed by atoms with van der Waals surface area (Å²) < 4.78 is 33.2. The molecular formula is C15H14N2O5S. The van der Waals surface area contributed by atoms with Crippen LogP contribution in [0.1, 0.15) is 12.0 Å². The summed E-state index contributed by atoms with van der Waals surface area (Å²) in [6, 6.07) is 6.48. The molecule has 0 aromatic heterocycles. The Hall–Kier alpha value is -2.53. The Morgan fingerprint density at radius 2 is 2.13 bits per heavy atom. The molecule has 1 aromatic carbocycles. The molecule has 0 radical (unpaired) electrons. The van der Waals surface area contributed by atoms with Crippen LogP contribution in [0.15, 0.2) is 23.8 Å². The number of amides is 1. The summed E-state index contributed by atoms with van der Waals surface area (Å²) in [6.07, 6.45) is 1.80. The number of fused-ring (bicyclic) bond motifs is 1. The van der Waals surface area contributed by atoms with Gasteiger partial charge in [0.15, 0.2) is 21.3 Å². The number of carbonyl (C=O) groups is 1. The Labute approximate surface area is 133 Å². The van der Waals surface area contributed by atoms with Gasteiger partial charge in [-0.3, -0.25) is 4.79 Å². The highest BCUT2D eigenvalue weighted by Crippen LogP contribution is 2.33. The van der Waals surface area contributed by atoms with E-state index in [4.69, 9.17) is 9.47 Å². The minimum Gasteiger partial charge on any atom is -0.454 e. The molecule has 1 N–H and O–H groups in total. The second-order valence-corrected chi connectivity index (χ2v) is 7.58. The minimum absolute atomic E-state index is 0.0612. The first kappa shape index (κ1) is 15.4. The molecule has 1 saturated heterocycles. The molecule has 120 valence electrons. The van der Waals surface area contributed by atoms with Crippen molar-refractivity contribution in [1.29, 1.82) is 5.26 Å². The average molecular weight is 334 g/mol. The lowest BCUT2D eigenvalue weighted by atomic mass is 10.1. The third-order valence-corrected chi connectivity index (χ3v) is 5.41. The molecule has 1 fully saturated rings. The van der Waals surface area contributed by atoms with Crippen LogP contribution in [0.2, 0.25) is 0 Å². The zero-order valence-electron chi connectivity index (χ0n) is 12.1. The summed E-state index contributed by atoms with van der Waals surface area (Å²) in [4.78, 5) is 12.1. The Balaban J connectivity index is 1.74. The molecule has 0 bridgehead atoms. The van der Waals surface area contributed by atoms with Gasteiger partial charge < -0.3 is 14.8 Å². The third kappa shape index (κ3) is 3.46. The number of nitrogens with one attached hydrogen (secondary N) is 1. The van der Waals surface area contributed by atoms with Gasteiger partial charge in [0.1, 0.15) is 11.6 Å². The Morgan fingerprint density at radius 1 is 1.35 bits per heavy atom. The van der Waals surface area contributed by atoms with E-state index < -0.39 is 21.8 Å². The summed E-state index contributed by atoms with van der Waals surface area (Å²) >= 11 is 0. The maximum absolute atomic E-state index is 12.1. The van der Waals surface area contributed by atoms with Crippen molar-refractivity contribution < 1.29 is 22.7 Å². The highest BCUT2D eigenvalue weighted by atomic mass is 32.2. The van der Waals surface area contributed by atoms with Crippen LogP contribution < -0.4 is 14.8 Å². The SMILES string of the molecule is N#C/C(=C\c1ccc2c(c1)OCO2)C(=O)N[C@H]1CCS(=O)(=O)C1. The molecule has 1 aromatic rings. The lowest BCUT2D eigenvalue weighted by Crippen LogP contribution is -2.36. The van der Waals surface area contributed by atoms with Gasteiger partial charge >= 0.3 is 0 Å². The van der Waals surface area contributed by atoms with E-state index in [1.54, 1.807) is 18.2 Å². The van der Waals surface area contributed by atoms with Crippen LogP contribution in [0.25, 0.3) is 6.08 Å². The molecule has 2 aliphatic rings. The van der Waals surface area contributed by atoms with Crippen molar-refractivity contribution in [2.75, 3.05) is 18.3 Å². The van der Waals surface area contributed by atoms with Gasteiger partial charge in [-0.05, 0) is 30.2 Å². The number of carbonyl (C=O) groups excluding carboxylic acids is 1. The van der Waals surface area contributed by atoms with E-state index in [0.29, 0.717) is 23.5 Å². The second-order valence-electron chi connectivity index (χ2n) is 5.36. The number of benzene rings is 1. The minimum atomic E-state index is -3.09. The van der Waals surface area contributed by atoms with Crippen LogP contribution >= 0.6 is 0 Å². The van der Waals surface area contributed by atoms with Crippen LogP contribution in [0.5, 0.6) is 11.5 Å². The van der Waals surface area contributed by atoms with Gasteiger partial charge in [0, 0.05) is 6.04 Å². The number of hydrogen-bond acceptors (Lipinski definition) is 6. The lowest BCUT2D eigenvalue weighted by Gasteiger charge is -2.09. The highest BCUT2D eigenvalue weighted by Gasteiger charge is 2.29. The molecule has 1 amide bonds. The van der Waals surface area contributed by atoms with Crippen LogP contribution in [0, 0.1) is 11.3 Å². The van der Waals surface area contributed by atoms with Gasteiger partial charge in [0.05, 0.1) is 11.5 Å². The molecule has 0 spiro atoms. The van der Waals surface area contributed by atoms with Crippen LogP contribution in [-0.2, 0) is 14.6 Å². The molecule has 8 heteroatoms. The topological polar surface area (TPSA) is 105 Å². The average Bonchev–Trinajstić information content (AvgIpc) is 3.10. The summed E-state index contributed by atoms with van der Waals surface area (Å²) in [6.45, 7) is 0.143. The van der Waals surface area contributed by atoms with E-state index in [0.717, 1.165) is 0 Å². The zero-order chi connectivity index (χ0) is 16.4. The van der Waals surface area contributed by atoms with Gasteiger partial charge in [0.2, 0.25) is 6.79 Å². The van der Waals surface area contributed by atoms with Gasteiger partial charge in [0.25, 0.3) is 5.91 Å². The van der Waals surface area contributed by atoms with Crippen molar-refractivity contribution in [3.05, 3.63) is 29.3 Å². The molecule has 7 nitrogen and oxygen atoms in total. The molecule has 3 rings (SSSR count). The molecule has 2 heterocycles. The first-order valence-electron chi connectivity index (χ1n) is 6.99. The highest BCUT2D eigenvalue weighted by molar-refractivity contribution is 7.91. The number of nitriles is 1. The van der Waals surface area contributed by atoms with Crippen molar-refractivity contribution in [2.24, 2.45) is 0 Å². The monoisotopic (exact) mass is 334 g/mol. The van der Waals surface area contributed by atoms with Gasteiger partial charge in [-0.15, -0.1) is 0 Å². The molecule has 2 aliphatic heterocycles. The number of ether oxygens (including phenoxy) is 2. The van der Waals surface area contributed by atoms with Crippen molar-refractivity contribution in [3.8, 4) is 17.6 Å². The maximum atomic E-state index is 12.1. The number of sulfone groups is 1.